The van der Waals surface area contributed by atoms with Crippen LogP contribution in [0.2, 0.25) is 5.02 Å². The summed E-state index contributed by atoms with van der Waals surface area (Å²) >= 11 is 5.83. The third kappa shape index (κ3) is 3.94. The number of pyridine rings is 1. The van der Waals surface area contributed by atoms with E-state index in [-0.39, 0.29) is 15.3 Å². The molecule has 0 saturated carbocycles. The first-order valence-electron chi connectivity index (χ1n) is 5.38. The Hall–Kier alpha value is -0.650. The Bertz CT molecular complexity index is 486. The maximum absolute atomic E-state index is 12.0. The van der Waals surface area contributed by atoms with Crippen molar-refractivity contribution < 1.29 is 8.42 Å². The Morgan fingerprint density at radius 1 is 1.47 bits per heavy atom. The minimum absolute atomic E-state index is 0.0218. The topological polar surface area (TPSA) is 59.1 Å². The van der Waals surface area contributed by atoms with Gasteiger partial charge < -0.3 is 0 Å². The van der Waals surface area contributed by atoms with Gasteiger partial charge >= 0.3 is 0 Å². The van der Waals surface area contributed by atoms with Gasteiger partial charge in [0.15, 0.2) is 0 Å². The molecule has 0 amide bonds. The predicted molar refractivity (Wildman–Crippen MR) is 68.5 cm³/mol. The Labute approximate surface area is 107 Å². The third-order valence-electron chi connectivity index (χ3n) is 2.72. The summed E-state index contributed by atoms with van der Waals surface area (Å²) in [5.41, 5.74) is -0.0816. The predicted octanol–water partition coefficient (Wildman–Crippen LogP) is 2.45. The molecule has 0 saturated heterocycles. The van der Waals surface area contributed by atoms with Crippen LogP contribution in [0.15, 0.2) is 23.4 Å². The quantitative estimate of drug-likeness (QED) is 0.899. The fourth-order valence-electron chi connectivity index (χ4n) is 1.05. The molecule has 96 valence electrons. The largest absolute Gasteiger partial charge is 0.263 e. The molecular formula is C11H17ClN2O2S. The Morgan fingerprint density at radius 3 is 2.65 bits per heavy atom. The number of rotatable bonds is 5. The Balaban J connectivity index is 2.88. The molecule has 6 heteroatoms. The molecule has 0 aliphatic carbocycles. The van der Waals surface area contributed by atoms with E-state index in [2.05, 4.69) is 9.71 Å². The van der Waals surface area contributed by atoms with Crippen LogP contribution in [0.5, 0.6) is 0 Å². The lowest BCUT2D eigenvalue weighted by Gasteiger charge is -2.22. The smallest absolute Gasteiger partial charge is 0.243 e. The van der Waals surface area contributed by atoms with Gasteiger partial charge in [-0.15, -0.1) is 0 Å². The van der Waals surface area contributed by atoms with E-state index in [1.165, 1.54) is 18.5 Å². The molecule has 0 aromatic carbocycles. The van der Waals surface area contributed by atoms with Crippen LogP contribution >= 0.6 is 11.6 Å². The van der Waals surface area contributed by atoms with Gasteiger partial charge in [-0.1, -0.05) is 32.4 Å². The van der Waals surface area contributed by atoms with Gasteiger partial charge in [0.25, 0.3) is 0 Å². The summed E-state index contributed by atoms with van der Waals surface area (Å²) in [4.78, 5) is 3.79. The van der Waals surface area contributed by atoms with Crippen LogP contribution in [-0.4, -0.2) is 19.9 Å². The minimum Gasteiger partial charge on any atom is -0.263 e. The highest BCUT2D eigenvalue weighted by Crippen LogP contribution is 2.22. The van der Waals surface area contributed by atoms with E-state index in [1.54, 1.807) is 0 Å². The van der Waals surface area contributed by atoms with Crippen molar-refractivity contribution in [2.45, 2.75) is 32.1 Å². The van der Waals surface area contributed by atoms with Gasteiger partial charge in [-0.05, 0) is 17.9 Å². The van der Waals surface area contributed by atoms with Crippen LogP contribution in [0.3, 0.4) is 0 Å². The van der Waals surface area contributed by atoms with Gasteiger partial charge in [-0.2, -0.15) is 0 Å². The van der Waals surface area contributed by atoms with Crippen LogP contribution < -0.4 is 4.72 Å². The van der Waals surface area contributed by atoms with Crippen molar-refractivity contribution in [2.24, 2.45) is 5.41 Å². The molecule has 17 heavy (non-hydrogen) atoms. The zero-order valence-electron chi connectivity index (χ0n) is 10.2. The number of halogens is 1. The highest BCUT2D eigenvalue weighted by molar-refractivity contribution is 7.89. The van der Waals surface area contributed by atoms with Gasteiger partial charge in [0.2, 0.25) is 10.0 Å². The molecule has 0 spiro atoms. The van der Waals surface area contributed by atoms with Crippen LogP contribution in [0.4, 0.5) is 0 Å². The lowest BCUT2D eigenvalue weighted by atomic mass is 9.91. The van der Waals surface area contributed by atoms with Crippen molar-refractivity contribution in [2.75, 3.05) is 6.54 Å². The van der Waals surface area contributed by atoms with Crippen LogP contribution in [0.1, 0.15) is 27.2 Å². The van der Waals surface area contributed by atoms with E-state index in [4.69, 9.17) is 11.6 Å². The lowest BCUT2D eigenvalue weighted by molar-refractivity contribution is 0.350. The van der Waals surface area contributed by atoms with E-state index in [9.17, 15) is 8.42 Å². The molecular weight excluding hydrogens is 260 g/mol. The highest BCUT2D eigenvalue weighted by atomic mass is 35.5. The third-order valence-corrected chi connectivity index (χ3v) is 4.59. The van der Waals surface area contributed by atoms with Crippen molar-refractivity contribution in [1.29, 1.82) is 0 Å². The standard InChI is InChI=1S/C11H17ClN2O2S/c1-4-11(2,3)8-14-17(15,16)10-7-13-6-5-9(10)12/h5-7,14H,4,8H2,1-3H3. The normalized spacial score (nSPS) is 12.7. The maximum atomic E-state index is 12.0. The maximum Gasteiger partial charge on any atom is 0.243 e. The zero-order chi connectivity index (χ0) is 13.1. The molecule has 1 aromatic heterocycles. The second kappa shape index (κ2) is 5.33. The van der Waals surface area contributed by atoms with E-state index in [0.717, 1.165) is 6.42 Å². The molecule has 1 aromatic rings. The van der Waals surface area contributed by atoms with Crippen molar-refractivity contribution in [3.05, 3.63) is 23.5 Å². The summed E-state index contributed by atoms with van der Waals surface area (Å²) in [6, 6.07) is 1.46. The number of sulfonamides is 1. The number of aromatic nitrogens is 1. The fourth-order valence-corrected chi connectivity index (χ4v) is 2.72. The van der Waals surface area contributed by atoms with E-state index in [1.807, 2.05) is 20.8 Å². The molecule has 1 N–H and O–H groups in total. The molecule has 0 fully saturated rings. The lowest BCUT2D eigenvalue weighted by Crippen LogP contribution is -2.33. The first-order chi connectivity index (χ1) is 7.78. The number of hydrogen-bond acceptors (Lipinski definition) is 3. The number of nitrogens with zero attached hydrogens (tertiary/aromatic N) is 1. The zero-order valence-corrected chi connectivity index (χ0v) is 11.8. The summed E-state index contributed by atoms with van der Waals surface area (Å²) in [6.45, 7) is 6.39. The van der Waals surface area contributed by atoms with Gasteiger partial charge in [-0.3, -0.25) is 4.98 Å². The highest BCUT2D eigenvalue weighted by Gasteiger charge is 2.22. The van der Waals surface area contributed by atoms with Crippen molar-refractivity contribution >= 4 is 21.6 Å². The van der Waals surface area contributed by atoms with Crippen LogP contribution in [-0.2, 0) is 10.0 Å². The molecule has 4 nitrogen and oxygen atoms in total. The minimum atomic E-state index is -3.58. The molecule has 0 atom stereocenters. The average molecular weight is 277 g/mol. The summed E-state index contributed by atoms with van der Waals surface area (Å²) < 4.78 is 26.5. The summed E-state index contributed by atoms with van der Waals surface area (Å²) in [5.74, 6) is 0. The van der Waals surface area contributed by atoms with Crippen molar-refractivity contribution in [1.82, 2.24) is 9.71 Å². The van der Waals surface area contributed by atoms with E-state index < -0.39 is 10.0 Å². The SMILES string of the molecule is CCC(C)(C)CNS(=O)(=O)c1cnccc1Cl. The molecule has 0 radical (unpaired) electrons. The first-order valence-corrected chi connectivity index (χ1v) is 7.24. The molecule has 1 heterocycles. The molecule has 0 unspecified atom stereocenters. The van der Waals surface area contributed by atoms with Crippen LogP contribution in [0, 0.1) is 5.41 Å². The Morgan fingerprint density at radius 2 is 2.12 bits per heavy atom. The van der Waals surface area contributed by atoms with Crippen LogP contribution in [0.25, 0.3) is 0 Å². The number of hydrogen-bond donors (Lipinski definition) is 1. The average Bonchev–Trinajstić information content (AvgIpc) is 2.27. The summed E-state index contributed by atoms with van der Waals surface area (Å²) in [5, 5.41) is 0.182. The molecule has 1 rings (SSSR count). The molecule has 0 aliphatic heterocycles. The Kier molecular flexibility index (Phi) is 4.52. The fraction of sp³-hybridized carbons (Fsp3) is 0.545. The van der Waals surface area contributed by atoms with Gasteiger partial charge in [0.05, 0.1) is 5.02 Å². The van der Waals surface area contributed by atoms with E-state index in [0.29, 0.717) is 6.54 Å². The second-order valence-corrected chi connectivity index (χ2v) is 6.79. The second-order valence-electron chi connectivity index (χ2n) is 4.65. The van der Waals surface area contributed by atoms with Gasteiger partial charge in [-0.25, -0.2) is 13.1 Å². The number of nitrogens with one attached hydrogen (secondary N) is 1. The van der Waals surface area contributed by atoms with Gasteiger partial charge in [0, 0.05) is 18.9 Å². The monoisotopic (exact) mass is 276 g/mol. The van der Waals surface area contributed by atoms with Gasteiger partial charge in [0.1, 0.15) is 4.90 Å². The van der Waals surface area contributed by atoms with E-state index >= 15 is 0 Å². The van der Waals surface area contributed by atoms with Crippen molar-refractivity contribution in [3.8, 4) is 0 Å². The first kappa shape index (κ1) is 14.4. The summed E-state index contributed by atoms with van der Waals surface area (Å²) in [7, 11) is -3.58. The summed E-state index contributed by atoms with van der Waals surface area (Å²) in [6.07, 6.45) is 3.59. The van der Waals surface area contributed by atoms with Crippen molar-refractivity contribution in [3.63, 3.8) is 0 Å². The molecule has 0 aliphatic rings. The molecule has 0 bridgehead atoms.